The Labute approximate surface area is 115 Å². The summed E-state index contributed by atoms with van der Waals surface area (Å²) < 4.78 is 13.9. The average molecular weight is 314 g/mol. The average Bonchev–Trinajstić information content (AvgIpc) is 2.41. The van der Waals surface area contributed by atoms with E-state index in [0.717, 1.165) is 31.8 Å². The molecule has 1 aliphatic heterocycles. The van der Waals surface area contributed by atoms with Crippen LogP contribution in [0.4, 0.5) is 4.39 Å². The highest BCUT2D eigenvalue weighted by atomic mass is 79.9. The highest BCUT2D eigenvalue weighted by Gasteiger charge is 2.24. The van der Waals surface area contributed by atoms with E-state index in [4.69, 9.17) is 0 Å². The first-order valence-electron chi connectivity index (χ1n) is 6.36. The molecule has 0 atom stereocenters. The zero-order valence-corrected chi connectivity index (χ0v) is 12.0. The van der Waals surface area contributed by atoms with Crippen molar-refractivity contribution in [3.8, 4) is 0 Å². The fourth-order valence-corrected chi connectivity index (χ4v) is 2.79. The molecular formula is C14H17BrFNO. The second-order valence-corrected chi connectivity index (χ2v) is 5.62. The standard InChI is InChI=1S/C14H17BrFNO/c1-2-10-5-7-17(8-6-10)14(18)12-9-11(16)3-4-13(12)15/h3-4,9-10H,2,5-8H2,1H3. The molecule has 2 nitrogen and oxygen atoms in total. The first-order valence-corrected chi connectivity index (χ1v) is 7.15. The van der Waals surface area contributed by atoms with Crippen LogP contribution in [0.15, 0.2) is 22.7 Å². The van der Waals surface area contributed by atoms with E-state index in [0.29, 0.717) is 10.0 Å². The lowest BCUT2D eigenvalue weighted by atomic mass is 9.94. The molecule has 0 bridgehead atoms. The van der Waals surface area contributed by atoms with E-state index < -0.39 is 0 Å². The van der Waals surface area contributed by atoms with Crippen LogP contribution in [0.25, 0.3) is 0 Å². The van der Waals surface area contributed by atoms with Crippen LogP contribution in [0.5, 0.6) is 0 Å². The van der Waals surface area contributed by atoms with E-state index in [-0.39, 0.29) is 11.7 Å². The van der Waals surface area contributed by atoms with Crippen LogP contribution in [-0.4, -0.2) is 23.9 Å². The maximum absolute atomic E-state index is 13.2. The first kappa shape index (κ1) is 13.5. The Hall–Kier alpha value is -0.900. The Balaban J connectivity index is 2.10. The van der Waals surface area contributed by atoms with Crippen LogP contribution < -0.4 is 0 Å². The molecule has 0 radical (unpaired) electrons. The lowest BCUT2D eigenvalue weighted by Gasteiger charge is -2.31. The van der Waals surface area contributed by atoms with Gasteiger partial charge in [-0.25, -0.2) is 4.39 Å². The van der Waals surface area contributed by atoms with Gasteiger partial charge in [-0.05, 0) is 52.9 Å². The summed E-state index contributed by atoms with van der Waals surface area (Å²) in [5, 5.41) is 0. The molecule has 98 valence electrons. The summed E-state index contributed by atoms with van der Waals surface area (Å²) in [6.07, 6.45) is 3.27. The van der Waals surface area contributed by atoms with Gasteiger partial charge in [0.2, 0.25) is 0 Å². The molecule has 18 heavy (non-hydrogen) atoms. The minimum Gasteiger partial charge on any atom is -0.339 e. The number of amides is 1. The number of likely N-dealkylation sites (tertiary alicyclic amines) is 1. The number of hydrogen-bond donors (Lipinski definition) is 0. The molecule has 0 saturated carbocycles. The SMILES string of the molecule is CCC1CCN(C(=O)c2cc(F)ccc2Br)CC1. The predicted molar refractivity (Wildman–Crippen MR) is 73.0 cm³/mol. The van der Waals surface area contributed by atoms with Crippen LogP contribution in [0.2, 0.25) is 0 Å². The summed E-state index contributed by atoms with van der Waals surface area (Å²) in [5.41, 5.74) is 0.421. The number of rotatable bonds is 2. The Morgan fingerprint density at radius 3 is 2.72 bits per heavy atom. The molecule has 0 spiro atoms. The van der Waals surface area contributed by atoms with Crippen molar-refractivity contribution in [1.29, 1.82) is 0 Å². The van der Waals surface area contributed by atoms with Gasteiger partial charge in [-0.3, -0.25) is 4.79 Å². The van der Waals surface area contributed by atoms with Crippen molar-refractivity contribution in [2.24, 2.45) is 5.92 Å². The summed E-state index contributed by atoms with van der Waals surface area (Å²) in [7, 11) is 0. The van der Waals surface area contributed by atoms with Crippen molar-refractivity contribution >= 4 is 21.8 Å². The van der Waals surface area contributed by atoms with Crippen molar-refractivity contribution in [2.75, 3.05) is 13.1 Å². The van der Waals surface area contributed by atoms with Gasteiger partial charge >= 0.3 is 0 Å². The highest BCUT2D eigenvalue weighted by molar-refractivity contribution is 9.10. The first-order chi connectivity index (χ1) is 8.61. The van der Waals surface area contributed by atoms with Gasteiger partial charge in [-0.2, -0.15) is 0 Å². The van der Waals surface area contributed by atoms with Gasteiger partial charge in [0, 0.05) is 17.6 Å². The third-order valence-corrected chi connectivity index (χ3v) is 4.33. The second kappa shape index (κ2) is 5.83. The number of carbonyl (C=O) groups is 1. The van der Waals surface area contributed by atoms with E-state index in [1.807, 2.05) is 4.90 Å². The van der Waals surface area contributed by atoms with Crippen LogP contribution in [0.1, 0.15) is 36.5 Å². The molecule has 4 heteroatoms. The lowest BCUT2D eigenvalue weighted by molar-refractivity contribution is 0.0687. The van der Waals surface area contributed by atoms with Crippen LogP contribution in [0, 0.1) is 11.7 Å². The van der Waals surface area contributed by atoms with Gasteiger partial charge in [0.1, 0.15) is 5.82 Å². The summed E-state index contributed by atoms with van der Waals surface area (Å²) in [6, 6.07) is 4.24. The van der Waals surface area contributed by atoms with Gasteiger partial charge in [0.15, 0.2) is 0 Å². The zero-order valence-electron chi connectivity index (χ0n) is 10.5. The van der Waals surface area contributed by atoms with Crippen molar-refractivity contribution in [2.45, 2.75) is 26.2 Å². The van der Waals surface area contributed by atoms with E-state index in [2.05, 4.69) is 22.9 Å². The number of carbonyl (C=O) groups excluding carboxylic acids is 1. The normalized spacial score (nSPS) is 16.9. The molecule has 1 saturated heterocycles. The maximum atomic E-state index is 13.2. The molecule has 1 amide bonds. The smallest absolute Gasteiger partial charge is 0.255 e. The lowest BCUT2D eigenvalue weighted by Crippen LogP contribution is -2.38. The topological polar surface area (TPSA) is 20.3 Å². The van der Waals surface area contributed by atoms with Gasteiger partial charge in [-0.15, -0.1) is 0 Å². The van der Waals surface area contributed by atoms with E-state index >= 15 is 0 Å². The number of benzene rings is 1. The third-order valence-electron chi connectivity index (χ3n) is 3.64. The maximum Gasteiger partial charge on any atom is 0.255 e. The quantitative estimate of drug-likeness (QED) is 0.812. The Kier molecular flexibility index (Phi) is 4.38. The Bertz CT molecular complexity index is 441. The molecule has 1 fully saturated rings. The van der Waals surface area contributed by atoms with Crippen molar-refractivity contribution in [3.05, 3.63) is 34.1 Å². The predicted octanol–water partition coefficient (Wildman–Crippen LogP) is 3.85. The Morgan fingerprint density at radius 2 is 2.11 bits per heavy atom. The van der Waals surface area contributed by atoms with Crippen LogP contribution in [-0.2, 0) is 0 Å². The summed E-state index contributed by atoms with van der Waals surface area (Å²) in [6.45, 7) is 3.74. The molecule has 0 unspecified atom stereocenters. The molecule has 0 N–H and O–H groups in total. The molecule has 1 aromatic rings. The fourth-order valence-electron chi connectivity index (χ4n) is 2.38. The second-order valence-electron chi connectivity index (χ2n) is 4.77. The largest absolute Gasteiger partial charge is 0.339 e. The van der Waals surface area contributed by atoms with E-state index in [1.54, 1.807) is 6.07 Å². The van der Waals surface area contributed by atoms with Crippen molar-refractivity contribution < 1.29 is 9.18 Å². The van der Waals surface area contributed by atoms with Crippen molar-refractivity contribution in [3.63, 3.8) is 0 Å². The van der Waals surface area contributed by atoms with E-state index in [1.165, 1.54) is 18.6 Å². The van der Waals surface area contributed by atoms with Crippen LogP contribution in [0.3, 0.4) is 0 Å². The third kappa shape index (κ3) is 2.91. The number of nitrogens with zero attached hydrogens (tertiary/aromatic N) is 1. The van der Waals surface area contributed by atoms with Crippen LogP contribution >= 0.6 is 15.9 Å². The Morgan fingerprint density at radius 1 is 1.44 bits per heavy atom. The molecule has 0 aliphatic carbocycles. The highest BCUT2D eigenvalue weighted by Crippen LogP contribution is 2.24. The number of halogens is 2. The summed E-state index contributed by atoms with van der Waals surface area (Å²) in [4.78, 5) is 14.1. The zero-order chi connectivity index (χ0) is 13.1. The minimum absolute atomic E-state index is 0.0732. The van der Waals surface area contributed by atoms with Gasteiger partial charge < -0.3 is 4.90 Å². The van der Waals surface area contributed by atoms with E-state index in [9.17, 15) is 9.18 Å². The molecule has 0 aromatic heterocycles. The molecule has 2 rings (SSSR count). The summed E-state index contributed by atoms with van der Waals surface area (Å²) in [5.74, 6) is 0.283. The van der Waals surface area contributed by atoms with Gasteiger partial charge in [-0.1, -0.05) is 13.3 Å². The number of hydrogen-bond acceptors (Lipinski definition) is 1. The number of piperidine rings is 1. The van der Waals surface area contributed by atoms with Gasteiger partial charge in [0.25, 0.3) is 5.91 Å². The minimum atomic E-state index is -0.370. The fraction of sp³-hybridized carbons (Fsp3) is 0.500. The molecular weight excluding hydrogens is 297 g/mol. The monoisotopic (exact) mass is 313 g/mol. The van der Waals surface area contributed by atoms with Gasteiger partial charge in [0.05, 0.1) is 5.56 Å². The molecule has 1 aliphatic rings. The van der Waals surface area contributed by atoms with Crippen molar-refractivity contribution in [1.82, 2.24) is 4.90 Å². The molecule has 1 aromatic carbocycles. The summed E-state index contributed by atoms with van der Waals surface area (Å²) >= 11 is 3.31. The molecule has 1 heterocycles.